The number of anilines is 1. The highest BCUT2D eigenvalue weighted by molar-refractivity contribution is 5.93. The van der Waals surface area contributed by atoms with Crippen LogP contribution in [0.5, 0.6) is 0 Å². The number of rotatable bonds is 11. The smallest absolute Gasteiger partial charge is 0.338 e. The Balaban J connectivity index is 1.47. The first-order valence-corrected chi connectivity index (χ1v) is 11.2. The van der Waals surface area contributed by atoms with Crippen LogP contribution in [0.25, 0.3) is 0 Å². The minimum absolute atomic E-state index is 0.110. The van der Waals surface area contributed by atoms with E-state index in [4.69, 9.17) is 10.6 Å². The number of amides is 1. The number of nitrogens with zero attached hydrogens (tertiary/aromatic N) is 3. The highest BCUT2D eigenvalue weighted by atomic mass is 16.5. The summed E-state index contributed by atoms with van der Waals surface area (Å²) in [7, 11) is 3.65. The molecule has 2 N–H and O–H groups in total. The molecule has 0 spiro atoms. The lowest BCUT2D eigenvalue weighted by Crippen LogP contribution is -2.38. The summed E-state index contributed by atoms with van der Waals surface area (Å²) >= 11 is 0. The Bertz CT molecular complexity index is 927. The van der Waals surface area contributed by atoms with Crippen LogP contribution in [0.4, 0.5) is 5.69 Å². The number of benzene rings is 2. The van der Waals surface area contributed by atoms with Gasteiger partial charge in [-0.05, 0) is 48.7 Å². The Morgan fingerprint density at radius 1 is 1.00 bits per heavy atom. The van der Waals surface area contributed by atoms with Crippen molar-refractivity contribution in [1.29, 1.82) is 0 Å². The van der Waals surface area contributed by atoms with Crippen molar-refractivity contribution in [1.82, 2.24) is 9.80 Å². The van der Waals surface area contributed by atoms with E-state index in [0.29, 0.717) is 25.1 Å². The summed E-state index contributed by atoms with van der Waals surface area (Å²) in [6, 6.07) is 13.7. The van der Waals surface area contributed by atoms with Crippen molar-refractivity contribution >= 4 is 17.6 Å². The maximum atomic E-state index is 12.6. The molecule has 0 atom stereocenters. The predicted molar refractivity (Wildman–Crippen MR) is 126 cm³/mol. The minimum Gasteiger partial charge on any atom is -0.457 e. The number of carbonyl (C=O) groups excluding carboxylic acids is 2. The second-order valence-electron chi connectivity index (χ2n) is 8.43. The third-order valence-corrected chi connectivity index (χ3v) is 5.88. The summed E-state index contributed by atoms with van der Waals surface area (Å²) in [5.74, 6) is 5.61. The molecule has 172 valence electrons. The van der Waals surface area contributed by atoms with Crippen molar-refractivity contribution in [3.05, 3.63) is 64.7 Å². The van der Waals surface area contributed by atoms with Crippen molar-refractivity contribution < 1.29 is 14.3 Å². The molecule has 0 saturated heterocycles. The molecule has 1 heterocycles. The SMILES string of the molecule is CCCN(CCc1ccc2c(c1)COC2=O)CCN(C)C(=O)Cc1ccc(N(C)N)cc1. The van der Waals surface area contributed by atoms with E-state index in [-0.39, 0.29) is 11.9 Å². The molecule has 2 aromatic carbocycles. The molecule has 1 amide bonds. The average Bonchev–Trinajstić information content (AvgIpc) is 3.15. The Hall–Kier alpha value is -2.90. The molecule has 0 saturated carbocycles. The fourth-order valence-electron chi connectivity index (χ4n) is 3.86. The van der Waals surface area contributed by atoms with Gasteiger partial charge < -0.3 is 19.5 Å². The van der Waals surface area contributed by atoms with Crippen LogP contribution in [-0.4, -0.2) is 62.0 Å². The first kappa shape index (κ1) is 23.8. The van der Waals surface area contributed by atoms with Crippen LogP contribution < -0.4 is 10.9 Å². The lowest BCUT2D eigenvalue weighted by molar-refractivity contribution is -0.129. The standard InChI is InChI=1S/C25H34N4O3/c1-4-12-29(13-11-20-7-10-23-21(16-20)18-32-25(23)31)15-14-27(2)24(30)17-19-5-8-22(9-6-19)28(3)26/h5-10,16H,4,11-15,17-18,26H2,1-3H3. The molecule has 1 aliphatic rings. The Morgan fingerprint density at radius 2 is 1.72 bits per heavy atom. The zero-order valence-corrected chi connectivity index (χ0v) is 19.3. The van der Waals surface area contributed by atoms with Gasteiger partial charge in [-0.1, -0.05) is 31.2 Å². The second-order valence-corrected chi connectivity index (χ2v) is 8.43. The van der Waals surface area contributed by atoms with E-state index in [1.165, 1.54) is 5.56 Å². The molecule has 0 radical (unpaired) electrons. The molecule has 0 bridgehead atoms. The molecule has 0 aliphatic carbocycles. The van der Waals surface area contributed by atoms with Gasteiger partial charge >= 0.3 is 5.97 Å². The van der Waals surface area contributed by atoms with Crippen molar-refractivity contribution in [3.8, 4) is 0 Å². The number of esters is 1. The molecule has 0 aromatic heterocycles. The first-order chi connectivity index (χ1) is 15.4. The Morgan fingerprint density at radius 3 is 2.41 bits per heavy atom. The third kappa shape index (κ3) is 6.31. The molecule has 2 aromatic rings. The number of carbonyl (C=O) groups is 2. The number of ether oxygens (including phenoxy) is 1. The van der Waals surface area contributed by atoms with Gasteiger partial charge in [0.05, 0.1) is 17.7 Å². The van der Waals surface area contributed by atoms with E-state index in [0.717, 1.165) is 49.3 Å². The number of hydrogen-bond acceptors (Lipinski definition) is 6. The van der Waals surface area contributed by atoms with Crippen molar-refractivity contribution in [2.24, 2.45) is 5.84 Å². The van der Waals surface area contributed by atoms with Gasteiger partial charge in [0, 0.05) is 39.3 Å². The van der Waals surface area contributed by atoms with Crippen LogP contribution in [0.1, 0.15) is 40.4 Å². The number of nitrogens with two attached hydrogens (primary N) is 1. The Labute approximate surface area is 190 Å². The first-order valence-electron chi connectivity index (χ1n) is 11.2. The summed E-state index contributed by atoms with van der Waals surface area (Å²) in [5.41, 5.74) is 4.76. The van der Waals surface area contributed by atoms with E-state index in [1.807, 2.05) is 48.3 Å². The molecular formula is C25H34N4O3. The molecule has 1 aliphatic heterocycles. The zero-order chi connectivity index (χ0) is 23.1. The van der Waals surface area contributed by atoms with Crippen molar-refractivity contribution in [2.45, 2.75) is 32.8 Å². The zero-order valence-electron chi connectivity index (χ0n) is 19.3. The molecule has 3 rings (SSSR count). The van der Waals surface area contributed by atoms with Gasteiger partial charge in [-0.3, -0.25) is 4.79 Å². The average molecular weight is 439 g/mol. The highest BCUT2D eigenvalue weighted by Gasteiger charge is 2.21. The number of hydrazine groups is 1. The molecule has 0 unspecified atom stereocenters. The Kier molecular flexibility index (Phi) is 8.25. The van der Waals surface area contributed by atoms with Crippen molar-refractivity contribution in [2.75, 3.05) is 45.3 Å². The molecule has 0 fully saturated rings. The molecule has 7 heteroatoms. The van der Waals surface area contributed by atoms with Gasteiger partial charge in [-0.15, -0.1) is 0 Å². The number of likely N-dealkylation sites (N-methyl/N-ethyl adjacent to an activating group) is 1. The number of fused-ring (bicyclic) bond motifs is 1. The lowest BCUT2D eigenvalue weighted by atomic mass is 10.0. The van der Waals surface area contributed by atoms with Crippen LogP contribution >= 0.6 is 0 Å². The van der Waals surface area contributed by atoms with Crippen LogP contribution in [-0.2, 0) is 29.0 Å². The maximum Gasteiger partial charge on any atom is 0.338 e. The summed E-state index contributed by atoms with van der Waals surface area (Å²) in [6.45, 7) is 5.97. The van der Waals surface area contributed by atoms with E-state index >= 15 is 0 Å². The lowest BCUT2D eigenvalue weighted by Gasteiger charge is -2.25. The second kappa shape index (κ2) is 11.1. The largest absolute Gasteiger partial charge is 0.457 e. The monoisotopic (exact) mass is 438 g/mol. The van der Waals surface area contributed by atoms with Gasteiger partial charge in [0.25, 0.3) is 0 Å². The number of hydrogen-bond donors (Lipinski definition) is 1. The predicted octanol–water partition coefficient (Wildman–Crippen LogP) is 2.62. The highest BCUT2D eigenvalue weighted by Crippen LogP contribution is 2.21. The van der Waals surface area contributed by atoms with Crippen LogP contribution in [0.15, 0.2) is 42.5 Å². The van der Waals surface area contributed by atoms with Gasteiger partial charge in [0.2, 0.25) is 5.91 Å². The van der Waals surface area contributed by atoms with Crippen molar-refractivity contribution in [3.63, 3.8) is 0 Å². The van der Waals surface area contributed by atoms with E-state index in [1.54, 1.807) is 12.1 Å². The van der Waals surface area contributed by atoms with Crippen LogP contribution in [0.3, 0.4) is 0 Å². The van der Waals surface area contributed by atoms with E-state index < -0.39 is 0 Å². The topological polar surface area (TPSA) is 79.1 Å². The normalized spacial score (nSPS) is 12.6. The third-order valence-electron chi connectivity index (χ3n) is 5.88. The molecule has 32 heavy (non-hydrogen) atoms. The number of cyclic esters (lactones) is 1. The quantitative estimate of drug-likeness (QED) is 0.330. The van der Waals surface area contributed by atoms with E-state index in [9.17, 15) is 9.59 Å². The molecule has 7 nitrogen and oxygen atoms in total. The molecular weight excluding hydrogens is 404 g/mol. The summed E-state index contributed by atoms with van der Waals surface area (Å²) in [4.78, 5) is 28.5. The van der Waals surface area contributed by atoms with Crippen LogP contribution in [0, 0.1) is 0 Å². The van der Waals surface area contributed by atoms with Gasteiger partial charge in [0.15, 0.2) is 0 Å². The van der Waals surface area contributed by atoms with Crippen LogP contribution in [0.2, 0.25) is 0 Å². The summed E-state index contributed by atoms with van der Waals surface area (Å²) in [5, 5.41) is 1.55. The maximum absolute atomic E-state index is 12.6. The van der Waals surface area contributed by atoms with Gasteiger partial charge in [-0.2, -0.15) is 0 Å². The van der Waals surface area contributed by atoms with Gasteiger partial charge in [0.1, 0.15) is 6.61 Å². The summed E-state index contributed by atoms with van der Waals surface area (Å²) < 4.78 is 5.09. The van der Waals surface area contributed by atoms with Gasteiger partial charge in [-0.25, -0.2) is 10.6 Å². The fraction of sp³-hybridized carbons (Fsp3) is 0.440. The fourth-order valence-corrected chi connectivity index (χ4v) is 3.86. The minimum atomic E-state index is -0.227. The summed E-state index contributed by atoms with van der Waals surface area (Å²) in [6.07, 6.45) is 2.35. The van der Waals surface area contributed by atoms with E-state index in [2.05, 4.69) is 17.9 Å².